The van der Waals surface area contributed by atoms with Crippen LogP contribution in [0.4, 0.5) is 0 Å². The summed E-state index contributed by atoms with van der Waals surface area (Å²) in [5.41, 5.74) is 1.93. The topological polar surface area (TPSA) is 55.8 Å². The van der Waals surface area contributed by atoms with Gasteiger partial charge in [0.15, 0.2) is 11.5 Å². The van der Waals surface area contributed by atoms with Crippen LogP contribution in [0.15, 0.2) is 6.07 Å². The lowest BCUT2D eigenvalue weighted by atomic mass is 9.92. The van der Waals surface area contributed by atoms with E-state index in [9.17, 15) is 4.79 Å². The maximum absolute atomic E-state index is 10.6. The molecule has 20 heavy (non-hydrogen) atoms. The number of hydrogen-bond acceptors (Lipinski definition) is 3. The molecule has 0 unspecified atom stereocenters. The highest BCUT2D eigenvalue weighted by molar-refractivity contribution is 6.31. The normalized spacial score (nSPS) is 10.7. The van der Waals surface area contributed by atoms with E-state index in [2.05, 4.69) is 0 Å². The van der Waals surface area contributed by atoms with Gasteiger partial charge in [0, 0.05) is 23.1 Å². The van der Waals surface area contributed by atoms with Crippen molar-refractivity contribution in [2.45, 2.75) is 39.0 Å². The van der Waals surface area contributed by atoms with E-state index < -0.39 is 5.97 Å². The molecule has 0 atom stereocenters. The molecule has 4 nitrogen and oxygen atoms in total. The molecule has 0 aliphatic rings. The maximum atomic E-state index is 10.6. The van der Waals surface area contributed by atoms with Crippen molar-refractivity contribution in [3.63, 3.8) is 0 Å². The van der Waals surface area contributed by atoms with Crippen molar-refractivity contribution in [1.82, 2.24) is 0 Å². The van der Waals surface area contributed by atoms with E-state index in [1.807, 2.05) is 13.8 Å². The van der Waals surface area contributed by atoms with Crippen molar-refractivity contribution in [3.8, 4) is 11.5 Å². The van der Waals surface area contributed by atoms with Crippen molar-refractivity contribution in [1.29, 1.82) is 0 Å². The molecular weight excluding hydrogens is 280 g/mol. The number of rotatable bonds is 7. The van der Waals surface area contributed by atoms with Gasteiger partial charge in [0.25, 0.3) is 0 Å². The predicted molar refractivity (Wildman–Crippen MR) is 79.2 cm³/mol. The lowest BCUT2D eigenvalue weighted by molar-refractivity contribution is -0.137. The highest BCUT2D eigenvalue weighted by Gasteiger charge is 2.21. The molecule has 1 aromatic carbocycles. The Morgan fingerprint density at radius 1 is 1.35 bits per heavy atom. The fourth-order valence-corrected chi connectivity index (χ4v) is 2.60. The Morgan fingerprint density at radius 3 is 2.45 bits per heavy atom. The number of hydrogen-bond donors (Lipinski definition) is 1. The van der Waals surface area contributed by atoms with Crippen LogP contribution in [0, 0.1) is 0 Å². The van der Waals surface area contributed by atoms with Gasteiger partial charge in [-0.15, -0.1) is 0 Å². The molecule has 1 N–H and O–H groups in total. The first-order chi connectivity index (χ1) is 9.42. The molecule has 0 radical (unpaired) electrons. The van der Waals surface area contributed by atoms with Crippen molar-refractivity contribution in [3.05, 3.63) is 22.2 Å². The lowest BCUT2D eigenvalue weighted by Gasteiger charge is -2.21. The van der Waals surface area contributed by atoms with Gasteiger partial charge in [-0.05, 0) is 24.3 Å². The van der Waals surface area contributed by atoms with Gasteiger partial charge in [-0.3, -0.25) is 4.79 Å². The SMILES string of the molecule is COc1cc(Cl)c(CCCC(=O)O)c(C(C)C)c1OC. The first-order valence-corrected chi connectivity index (χ1v) is 6.95. The Balaban J connectivity index is 3.23. The second-order valence-corrected chi connectivity index (χ2v) is 5.30. The van der Waals surface area contributed by atoms with Crippen LogP contribution in [0.25, 0.3) is 0 Å². The Morgan fingerprint density at radius 2 is 2.00 bits per heavy atom. The first kappa shape index (κ1) is 16.6. The van der Waals surface area contributed by atoms with Crippen molar-refractivity contribution >= 4 is 17.6 Å². The number of carbonyl (C=O) groups is 1. The number of halogens is 1. The molecule has 0 aliphatic heterocycles. The quantitative estimate of drug-likeness (QED) is 0.830. The van der Waals surface area contributed by atoms with Crippen LogP contribution in [0.3, 0.4) is 0 Å². The van der Waals surface area contributed by atoms with Gasteiger partial charge >= 0.3 is 5.97 Å². The summed E-state index contributed by atoms with van der Waals surface area (Å²) in [6.45, 7) is 4.10. The van der Waals surface area contributed by atoms with Gasteiger partial charge in [-0.1, -0.05) is 25.4 Å². The third-order valence-corrected chi connectivity index (χ3v) is 3.50. The van der Waals surface area contributed by atoms with Gasteiger partial charge in [0.1, 0.15) is 0 Å². The van der Waals surface area contributed by atoms with Crippen molar-refractivity contribution < 1.29 is 19.4 Å². The van der Waals surface area contributed by atoms with Crippen LogP contribution < -0.4 is 9.47 Å². The van der Waals surface area contributed by atoms with Crippen LogP contribution in [0.2, 0.25) is 5.02 Å². The highest BCUT2D eigenvalue weighted by Crippen LogP contribution is 2.42. The van der Waals surface area contributed by atoms with Gasteiger partial charge in [-0.25, -0.2) is 0 Å². The number of aliphatic carboxylic acids is 1. The van der Waals surface area contributed by atoms with Gasteiger partial charge < -0.3 is 14.6 Å². The zero-order chi connectivity index (χ0) is 15.3. The van der Waals surface area contributed by atoms with Crippen LogP contribution in [0.1, 0.15) is 43.7 Å². The second kappa shape index (κ2) is 7.39. The van der Waals surface area contributed by atoms with Crippen LogP contribution in [-0.4, -0.2) is 25.3 Å². The number of ether oxygens (including phenoxy) is 2. The molecule has 0 bridgehead atoms. The summed E-state index contributed by atoms with van der Waals surface area (Å²) in [6, 6.07) is 1.72. The molecule has 0 saturated heterocycles. The van der Waals surface area contributed by atoms with E-state index in [1.54, 1.807) is 20.3 Å². The van der Waals surface area contributed by atoms with E-state index in [0.717, 1.165) is 11.1 Å². The molecular formula is C15H21ClO4. The summed E-state index contributed by atoms with van der Waals surface area (Å²) in [4.78, 5) is 10.6. The molecule has 1 aromatic rings. The fraction of sp³-hybridized carbons (Fsp3) is 0.533. The molecule has 0 saturated carbocycles. The molecule has 1 rings (SSSR count). The Labute approximate surface area is 124 Å². The third-order valence-electron chi connectivity index (χ3n) is 3.16. The zero-order valence-corrected chi connectivity index (χ0v) is 13.1. The smallest absolute Gasteiger partial charge is 0.303 e. The average Bonchev–Trinajstić information content (AvgIpc) is 2.38. The lowest BCUT2D eigenvalue weighted by Crippen LogP contribution is -2.05. The van der Waals surface area contributed by atoms with Gasteiger partial charge in [0.2, 0.25) is 0 Å². The average molecular weight is 301 g/mol. The van der Waals surface area contributed by atoms with E-state index in [-0.39, 0.29) is 12.3 Å². The third kappa shape index (κ3) is 3.79. The monoisotopic (exact) mass is 300 g/mol. The minimum absolute atomic E-state index is 0.127. The van der Waals surface area contributed by atoms with Gasteiger partial charge in [-0.2, -0.15) is 0 Å². The molecule has 0 heterocycles. The number of benzene rings is 1. The van der Waals surface area contributed by atoms with Crippen molar-refractivity contribution in [2.24, 2.45) is 0 Å². The summed E-state index contributed by atoms with van der Waals surface area (Å²) in [5.74, 6) is 0.686. The number of carboxylic acids is 1. The van der Waals surface area contributed by atoms with E-state index in [0.29, 0.717) is 29.4 Å². The predicted octanol–water partition coefficient (Wildman–Crippen LogP) is 3.89. The number of methoxy groups -OCH3 is 2. The Bertz CT molecular complexity index is 483. The van der Waals surface area contributed by atoms with Crippen LogP contribution >= 0.6 is 11.6 Å². The molecule has 0 aromatic heterocycles. The second-order valence-electron chi connectivity index (χ2n) is 4.89. The molecule has 5 heteroatoms. The molecule has 112 valence electrons. The number of carboxylic acid groups (broad SMARTS) is 1. The van der Waals surface area contributed by atoms with Crippen LogP contribution in [-0.2, 0) is 11.2 Å². The minimum atomic E-state index is -0.798. The summed E-state index contributed by atoms with van der Waals surface area (Å²) >= 11 is 6.32. The summed E-state index contributed by atoms with van der Waals surface area (Å²) < 4.78 is 10.8. The Kier molecular flexibility index (Phi) is 6.14. The van der Waals surface area contributed by atoms with E-state index >= 15 is 0 Å². The Hall–Kier alpha value is -1.42. The van der Waals surface area contributed by atoms with Crippen molar-refractivity contribution in [2.75, 3.05) is 14.2 Å². The van der Waals surface area contributed by atoms with Gasteiger partial charge in [0.05, 0.1) is 14.2 Å². The molecule has 0 spiro atoms. The standard InChI is InChI=1S/C15H21ClO4/c1-9(2)14-10(6-5-7-13(17)18)11(16)8-12(19-3)15(14)20-4/h8-9H,5-7H2,1-4H3,(H,17,18). The summed E-state index contributed by atoms with van der Waals surface area (Å²) in [5, 5.41) is 9.34. The molecule has 0 aliphatic carbocycles. The molecule has 0 amide bonds. The minimum Gasteiger partial charge on any atom is -0.493 e. The fourth-order valence-electron chi connectivity index (χ4n) is 2.31. The van der Waals surface area contributed by atoms with Crippen LogP contribution in [0.5, 0.6) is 11.5 Å². The largest absolute Gasteiger partial charge is 0.493 e. The molecule has 0 fully saturated rings. The summed E-state index contributed by atoms with van der Waals surface area (Å²) in [7, 11) is 3.17. The van der Waals surface area contributed by atoms with E-state index in [4.69, 9.17) is 26.2 Å². The first-order valence-electron chi connectivity index (χ1n) is 6.57. The maximum Gasteiger partial charge on any atom is 0.303 e. The highest BCUT2D eigenvalue weighted by atomic mass is 35.5. The zero-order valence-electron chi connectivity index (χ0n) is 12.3. The summed E-state index contributed by atoms with van der Waals surface area (Å²) in [6.07, 6.45) is 1.28. The van der Waals surface area contributed by atoms with E-state index in [1.165, 1.54) is 0 Å².